The van der Waals surface area contributed by atoms with Crippen molar-refractivity contribution in [3.63, 3.8) is 0 Å². The van der Waals surface area contributed by atoms with Gasteiger partial charge in [-0.05, 0) is 42.7 Å². The van der Waals surface area contributed by atoms with E-state index in [0.717, 1.165) is 18.7 Å². The molecule has 0 saturated heterocycles. The van der Waals surface area contributed by atoms with E-state index in [0.29, 0.717) is 23.8 Å². The van der Waals surface area contributed by atoms with Crippen molar-refractivity contribution < 1.29 is 4.79 Å². The lowest BCUT2D eigenvalue weighted by molar-refractivity contribution is -0.128. The average Bonchev–Trinajstić information content (AvgIpc) is 3.14. The topological polar surface area (TPSA) is 69.6 Å². The Hall–Kier alpha value is -2.11. The summed E-state index contributed by atoms with van der Waals surface area (Å²) in [6.07, 6.45) is 8.99. The molecular weight excluding hydrogens is 350 g/mol. The number of carbonyl (C=O) groups is 1. The molecule has 1 heterocycles. The summed E-state index contributed by atoms with van der Waals surface area (Å²) < 4.78 is 0. The minimum atomic E-state index is 0.0524. The van der Waals surface area contributed by atoms with Gasteiger partial charge >= 0.3 is 0 Å². The maximum Gasteiger partial charge on any atom is 0.241 e. The number of aliphatic imine (C=N–C) groups is 1. The van der Waals surface area contributed by atoms with E-state index in [4.69, 9.17) is 0 Å². The number of rotatable bonds is 9. The van der Waals surface area contributed by atoms with Crippen LogP contribution in [0, 0.1) is 11.3 Å². The molecule has 0 spiro atoms. The molecule has 28 heavy (non-hydrogen) atoms. The first-order valence-corrected chi connectivity index (χ1v) is 10.5. The Morgan fingerprint density at radius 1 is 1.29 bits per heavy atom. The molecule has 1 saturated carbocycles. The second-order valence-electron chi connectivity index (χ2n) is 8.47. The lowest BCUT2D eigenvalue weighted by atomic mass is 9.78. The van der Waals surface area contributed by atoms with Crippen LogP contribution in [-0.4, -0.2) is 55.5 Å². The fourth-order valence-electron chi connectivity index (χ4n) is 4.18. The summed E-state index contributed by atoms with van der Waals surface area (Å²) >= 11 is 0. The smallest absolute Gasteiger partial charge is 0.241 e. The molecule has 1 aromatic heterocycles. The van der Waals surface area contributed by atoms with Crippen molar-refractivity contribution in [2.24, 2.45) is 16.3 Å². The Labute approximate surface area is 170 Å². The lowest BCUT2D eigenvalue weighted by Gasteiger charge is -2.32. The lowest BCUT2D eigenvalue weighted by Crippen LogP contribution is -2.47. The molecule has 2 N–H and O–H groups in total. The van der Waals surface area contributed by atoms with E-state index in [9.17, 15) is 4.79 Å². The predicted octanol–water partition coefficient (Wildman–Crippen LogP) is 2.85. The van der Waals surface area contributed by atoms with Crippen molar-refractivity contribution in [1.82, 2.24) is 20.5 Å². The molecular formula is C22H37N5O. The van der Waals surface area contributed by atoms with Gasteiger partial charge in [0.1, 0.15) is 0 Å². The molecule has 0 radical (unpaired) electrons. The van der Waals surface area contributed by atoms with Gasteiger partial charge < -0.3 is 15.5 Å². The molecule has 0 bridgehead atoms. The molecule has 2 rings (SSSR count). The molecule has 6 heteroatoms. The number of nitrogens with zero attached hydrogens (tertiary/aromatic N) is 3. The number of pyridine rings is 1. The third-order valence-corrected chi connectivity index (χ3v) is 5.62. The van der Waals surface area contributed by atoms with Crippen LogP contribution in [0.1, 0.15) is 51.6 Å². The highest BCUT2D eigenvalue weighted by Gasteiger charge is 2.34. The Balaban J connectivity index is 1.75. The summed E-state index contributed by atoms with van der Waals surface area (Å²) in [5, 5.41) is 6.64. The molecule has 1 fully saturated rings. The van der Waals surface area contributed by atoms with Crippen LogP contribution >= 0.6 is 0 Å². The third kappa shape index (κ3) is 7.13. The van der Waals surface area contributed by atoms with E-state index in [1.165, 1.54) is 32.1 Å². The van der Waals surface area contributed by atoms with E-state index in [-0.39, 0.29) is 12.5 Å². The van der Waals surface area contributed by atoms with Gasteiger partial charge in [0.25, 0.3) is 0 Å². The normalized spacial score (nSPS) is 16.2. The van der Waals surface area contributed by atoms with Gasteiger partial charge in [0.15, 0.2) is 5.96 Å². The van der Waals surface area contributed by atoms with Gasteiger partial charge in [-0.1, -0.05) is 32.8 Å². The van der Waals surface area contributed by atoms with Gasteiger partial charge in [-0.2, -0.15) is 0 Å². The average molecular weight is 388 g/mol. The number of carbonyl (C=O) groups excluding carboxylic acids is 1. The van der Waals surface area contributed by atoms with Gasteiger partial charge in [0.05, 0.1) is 6.54 Å². The Morgan fingerprint density at radius 3 is 2.64 bits per heavy atom. The zero-order chi connectivity index (χ0) is 20.4. The van der Waals surface area contributed by atoms with Gasteiger partial charge in [0, 0.05) is 45.5 Å². The van der Waals surface area contributed by atoms with Crippen LogP contribution in [0.2, 0.25) is 0 Å². The molecule has 0 aromatic carbocycles. The van der Waals surface area contributed by atoms with E-state index in [1.54, 1.807) is 18.1 Å². The zero-order valence-corrected chi connectivity index (χ0v) is 18.0. The number of guanidine groups is 1. The van der Waals surface area contributed by atoms with Gasteiger partial charge in [0.2, 0.25) is 5.91 Å². The van der Waals surface area contributed by atoms with Crippen molar-refractivity contribution in [2.45, 2.75) is 52.4 Å². The van der Waals surface area contributed by atoms with Crippen LogP contribution < -0.4 is 10.6 Å². The number of hydrogen-bond acceptors (Lipinski definition) is 3. The molecule has 0 aliphatic heterocycles. The summed E-state index contributed by atoms with van der Waals surface area (Å²) in [6, 6.07) is 5.86. The molecule has 156 valence electrons. The highest BCUT2D eigenvalue weighted by atomic mass is 16.2. The second-order valence-corrected chi connectivity index (χ2v) is 8.47. The summed E-state index contributed by atoms with van der Waals surface area (Å²) in [5.41, 5.74) is 1.37. The first-order valence-electron chi connectivity index (χ1n) is 10.5. The van der Waals surface area contributed by atoms with Crippen molar-refractivity contribution in [3.8, 4) is 0 Å². The first-order chi connectivity index (χ1) is 13.4. The SMILES string of the molecule is CN=C(NCC(=O)N(C)CCc1ccccn1)NCC1(CC(C)C)CCCC1. The third-order valence-electron chi connectivity index (χ3n) is 5.62. The molecule has 0 unspecified atom stereocenters. The fraction of sp³-hybridized carbons (Fsp3) is 0.682. The molecule has 1 aromatic rings. The molecule has 6 nitrogen and oxygen atoms in total. The number of aromatic nitrogens is 1. The quantitative estimate of drug-likeness (QED) is 0.505. The fourth-order valence-corrected chi connectivity index (χ4v) is 4.18. The summed E-state index contributed by atoms with van der Waals surface area (Å²) in [7, 11) is 3.59. The largest absolute Gasteiger partial charge is 0.356 e. The van der Waals surface area contributed by atoms with Gasteiger partial charge in [-0.15, -0.1) is 0 Å². The van der Waals surface area contributed by atoms with Gasteiger partial charge in [-0.25, -0.2) is 0 Å². The van der Waals surface area contributed by atoms with Crippen LogP contribution in [0.4, 0.5) is 0 Å². The summed E-state index contributed by atoms with van der Waals surface area (Å²) in [5.74, 6) is 1.46. The Morgan fingerprint density at radius 2 is 2.04 bits per heavy atom. The van der Waals surface area contributed by atoms with Crippen LogP contribution in [-0.2, 0) is 11.2 Å². The highest BCUT2D eigenvalue weighted by Crippen LogP contribution is 2.42. The number of amides is 1. The Kier molecular flexibility index (Phi) is 8.74. The minimum Gasteiger partial charge on any atom is -0.356 e. The minimum absolute atomic E-state index is 0.0524. The standard InChI is InChI=1S/C22H37N5O/c1-18(2)15-22(11-6-7-12-22)17-26-21(23-3)25-16-20(28)27(4)14-10-19-9-5-8-13-24-19/h5,8-9,13,18H,6-7,10-12,14-17H2,1-4H3,(H2,23,25,26). The number of hydrogen-bond donors (Lipinski definition) is 2. The van der Waals surface area contributed by atoms with Crippen molar-refractivity contribution in [2.75, 3.05) is 33.7 Å². The van der Waals surface area contributed by atoms with Crippen LogP contribution in [0.25, 0.3) is 0 Å². The van der Waals surface area contributed by atoms with Crippen molar-refractivity contribution in [3.05, 3.63) is 30.1 Å². The van der Waals surface area contributed by atoms with Gasteiger partial charge in [-0.3, -0.25) is 14.8 Å². The monoisotopic (exact) mass is 387 g/mol. The molecule has 1 aliphatic carbocycles. The summed E-state index contributed by atoms with van der Waals surface area (Å²) in [4.78, 5) is 22.8. The van der Waals surface area contributed by atoms with E-state index in [1.807, 2.05) is 25.2 Å². The van der Waals surface area contributed by atoms with Crippen molar-refractivity contribution in [1.29, 1.82) is 0 Å². The van der Waals surface area contributed by atoms with E-state index < -0.39 is 0 Å². The van der Waals surface area contributed by atoms with E-state index in [2.05, 4.69) is 34.5 Å². The first kappa shape index (κ1) is 22.2. The predicted molar refractivity (Wildman–Crippen MR) is 115 cm³/mol. The zero-order valence-electron chi connectivity index (χ0n) is 18.0. The number of nitrogens with one attached hydrogen (secondary N) is 2. The molecule has 1 amide bonds. The maximum atomic E-state index is 12.4. The number of likely N-dealkylation sites (N-methyl/N-ethyl adjacent to an activating group) is 1. The second kappa shape index (κ2) is 11.0. The molecule has 1 aliphatic rings. The van der Waals surface area contributed by atoms with Crippen molar-refractivity contribution >= 4 is 11.9 Å². The van der Waals surface area contributed by atoms with E-state index >= 15 is 0 Å². The van der Waals surface area contributed by atoms with Crippen LogP contribution in [0.3, 0.4) is 0 Å². The van der Waals surface area contributed by atoms with Crippen LogP contribution in [0.5, 0.6) is 0 Å². The summed E-state index contributed by atoms with van der Waals surface area (Å²) in [6.45, 7) is 6.42. The maximum absolute atomic E-state index is 12.4. The van der Waals surface area contributed by atoms with Crippen LogP contribution in [0.15, 0.2) is 29.4 Å². The highest BCUT2D eigenvalue weighted by molar-refractivity contribution is 5.86. The molecule has 0 atom stereocenters. The Bertz CT molecular complexity index is 623.